The number of guanidine groups is 1. The van der Waals surface area contributed by atoms with E-state index in [0.29, 0.717) is 31.2 Å². The molecule has 2 aromatic carbocycles. The van der Waals surface area contributed by atoms with Crippen molar-refractivity contribution >= 4 is 11.9 Å². The fourth-order valence-electron chi connectivity index (χ4n) is 2.54. The zero-order chi connectivity index (χ0) is 21.1. The van der Waals surface area contributed by atoms with Crippen LogP contribution in [0.2, 0.25) is 0 Å². The van der Waals surface area contributed by atoms with Crippen LogP contribution in [0.1, 0.15) is 18.1 Å². The quantitative estimate of drug-likeness (QED) is 0.502. The van der Waals surface area contributed by atoms with Crippen molar-refractivity contribution in [1.82, 2.24) is 15.5 Å². The Balaban J connectivity index is 1.90. The van der Waals surface area contributed by atoms with Crippen molar-refractivity contribution in [3.8, 4) is 5.75 Å². The average Bonchev–Trinajstić information content (AvgIpc) is 2.70. The maximum absolute atomic E-state index is 13.3. The molecule has 2 aromatic rings. The first-order chi connectivity index (χ1) is 14.0. The number of hydrogen-bond acceptors (Lipinski definition) is 3. The third-order valence-corrected chi connectivity index (χ3v) is 4.12. The highest BCUT2D eigenvalue weighted by Gasteiger charge is 2.05. The number of rotatable bonds is 9. The Morgan fingerprint density at radius 2 is 1.86 bits per heavy atom. The Morgan fingerprint density at radius 1 is 1.10 bits per heavy atom. The number of hydrogen-bond donors (Lipinski definition) is 2. The number of carbonyl (C=O) groups excluding carboxylic acids is 1. The fraction of sp³-hybridized carbons (Fsp3) is 0.364. The topological polar surface area (TPSA) is 66.0 Å². The Kier molecular flexibility index (Phi) is 8.95. The van der Waals surface area contributed by atoms with Crippen molar-refractivity contribution in [1.29, 1.82) is 0 Å². The summed E-state index contributed by atoms with van der Waals surface area (Å²) in [5.74, 6) is 1.01. The zero-order valence-electron chi connectivity index (χ0n) is 17.2. The first-order valence-electron chi connectivity index (χ1n) is 9.66. The van der Waals surface area contributed by atoms with Crippen LogP contribution in [0.15, 0.2) is 53.5 Å². The molecular formula is C22H29FN4O2. The van der Waals surface area contributed by atoms with Crippen molar-refractivity contribution < 1.29 is 13.9 Å². The van der Waals surface area contributed by atoms with E-state index in [1.807, 2.05) is 37.3 Å². The second-order valence-electron chi connectivity index (χ2n) is 6.73. The number of benzene rings is 2. The SMILES string of the molecule is CCNC(=NCc1cccc(OCC(=O)N(C)C)c1)NCCc1cccc(F)c1. The van der Waals surface area contributed by atoms with Gasteiger partial charge in [0, 0.05) is 27.2 Å². The molecule has 6 nitrogen and oxygen atoms in total. The van der Waals surface area contributed by atoms with Crippen molar-refractivity contribution in [2.24, 2.45) is 4.99 Å². The molecule has 0 atom stereocenters. The molecule has 156 valence electrons. The van der Waals surface area contributed by atoms with Gasteiger partial charge in [0.05, 0.1) is 6.54 Å². The predicted molar refractivity (Wildman–Crippen MR) is 114 cm³/mol. The Bertz CT molecular complexity index is 824. The molecule has 29 heavy (non-hydrogen) atoms. The van der Waals surface area contributed by atoms with Crippen LogP contribution in [-0.2, 0) is 17.8 Å². The number of amides is 1. The fourth-order valence-corrected chi connectivity index (χ4v) is 2.54. The van der Waals surface area contributed by atoms with Gasteiger partial charge in [0.15, 0.2) is 12.6 Å². The van der Waals surface area contributed by atoms with Gasteiger partial charge in [-0.05, 0) is 48.7 Å². The van der Waals surface area contributed by atoms with Crippen LogP contribution in [0.25, 0.3) is 0 Å². The third-order valence-electron chi connectivity index (χ3n) is 4.12. The number of nitrogens with zero attached hydrogens (tertiary/aromatic N) is 2. The molecule has 1 amide bonds. The van der Waals surface area contributed by atoms with Crippen LogP contribution >= 0.6 is 0 Å². The Labute approximate surface area is 171 Å². The van der Waals surface area contributed by atoms with Gasteiger partial charge in [-0.3, -0.25) is 4.79 Å². The van der Waals surface area contributed by atoms with E-state index in [1.54, 1.807) is 20.2 Å². The summed E-state index contributed by atoms with van der Waals surface area (Å²) in [6.45, 7) is 3.85. The smallest absolute Gasteiger partial charge is 0.259 e. The molecule has 0 aromatic heterocycles. The van der Waals surface area contributed by atoms with E-state index in [1.165, 1.54) is 17.0 Å². The van der Waals surface area contributed by atoms with Crippen LogP contribution in [-0.4, -0.2) is 50.6 Å². The molecular weight excluding hydrogens is 371 g/mol. The van der Waals surface area contributed by atoms with Crippen molar-refractivity contribution in [3.05, 3.63) is 65.5 Å². The van der Waals surface area contributed by atoms with E-state index in [0.717, 1.165) is 17.7 Å². The molecule has 0 saturated carbocycles. The average molecular weight is 400 g/mol. The van der Waals surface area contributed by atoms with E-state index >= 15 is 0 Å². The second-order valence-corrected chi connectivity index (χ2v) is 6.73. The van der Waals surface area contributed by atoms with Crippen molar-refractivity contribution in [2.45, 2.75) is 19.9 Å². The molecule has 2 N–H and O–H groups in total. The van der Waals surface area contributed by atoms with Gasteiger partial charge in [-0.2, -0.15) is 0 Å². The summed E-state index contributed by atoms with van der Waals surface area (Å²) in [5.41, 5.74) is 1.91. The zero-order valence-corrected chi connectivity index (χ0v) is 17.2. The molecule has 2 rings (SSSR count). The summed E-state index contributed by atoms with van der Waals surface area (Å²) in [6.07, 6.45) is 0.700. The van der Waals surface area contributed by atoms with E-state index in [2.05, 4.69) is 15.6 Å². The van der Waals surface area contributed by atoms with E-state index in [4.69, 9.17) is 4.74 Å². The van der Waals surface area contributed by atoms with Crippen molar-refractivity contribution in [3.63, 3.8) is 0 Å². The highest BCUT2D eigenvalue weighted by molar-refractivity contribution is 5.79. The number of carbonyl (C=O) groups is 1. The monoisotopic (exact) mass is 400 g/mol. The lowest BCUT2D eigenvalue weighted by molar-refractivity contribution is -0.130. The van der Waals surface area contributed by atoms with Crippen LogP contribution in [0, 0.1) is 5.82 Å². The van der Waals surface area contributed by atoms with Gasteiger partial charge in [-0.25, -0.2) is 9.38 Å². The highest BCUT2D eigenvalue weighted by Crippen LogP contribution is 2.14. The summed E-state index contributed by atoms with van der Waals surface area (Å²) >= 11 is 0. The van der Waals surface area contributed by atoms with E-state index in [9.17, 15) is 9.18 Å². The first-order valence-corrected chi connectivity index (χ1v) is 9.66. The largest absolute Gasteiger partial charge is 0.484 e. The minimum Gasteiger partial charge on any atom is -0.484 e. The minimum absolute atomic E-state index is 0.00397. The van der Waals surface area contributed by atoms with Gasteiger partial charge in [-0.15, -0.1) is 0 Å². The molecule has 0 spiro atoms. The molecule has 0 bridgehead atoms. The molecule has 0 aliphatic heterocycles. The van der Waals surface area contributed by atoms with Gasteiger partial charge in [0.25, 0.3) is 5.91 Å². The minimum atomic E-state index is -0.225. The number of halogens is 1. The van der Waals surface area contributed by atoms with E-state index < -0.39 is 0 Å². The maximum atomic E-state index is 13.3. The second kappa shape index (κ2) is 11.7. The van der Waals surface area contributed by atoms with Crippen LogP contribution in [0.5, 0.6) is 5.75 Å². The number of ether oxygens (including phenoxy) is 1. The summed E-state index contributed by atoms with van der Waals surface area (Å²) in [5, 5.41) is 6.46. The summed E-state index contributed by atoms with van der Waals surface area (Å²) < 4.78 is 18.8. The third kappa shape index (κ3) is 8.21. The maximum Gasteiger partial charge on any atom is 0.259 e. The molecule has 0 fully saturated rings. The van der Waals surface area contributed by atoms with Gasteiger partial charge in [0.1, 0.15) is 11.6 Å². The Hall–Kier alpha value is -3.09. The molecule has 0 heterocycles. The molecule has 0 radical (unpaired) electrons. The Morgan fingerprint density at radius 3 is 2.59 bits per heavy atom. The van der Waals surface area contributed by atoms with Crippen LogP contribution < -0.4 is 15.4 Å². The van der Waals surface area contributed by atoms with Gasteiger partial charge in [0.2, 0.25) is 0 Å². The normalized spacial score (nSPS) is 11.1. The lowest BCUT2D eigenvalue weighted by Gasteiger charge is -2.13. The molecule has 7 heteroatoms. The van der Waals surface area contributed by atoms with Gasteiger partial charge in [-0.1, -0.05) is 24.3 Å². The lowest BCUT2D eigenvalue weighted by atomic mass is 10.1. The van der Waals surface area contributed by atoms with Gasteiger partial charge >= 0.3 is 0 Å². The summed E-state index contributed by atoms with van der Waals surface area (Å²) in [6, 6.07) is 14.1. The molecule has 0 unspecified atom stereocenters. The molecule has 0 saturated heterocycles. The highest BCUT2D eigenvalue weighted by atomic mass is 19.1. The standard InChI is InChI=1S/C22H29FN4O2/c1-4-24-22(25-12-11-17-7-5-9-19(23)13-17)26-15-18-8-6-10-20(14-18)29-16-21(28)27(2)3/h5-10,13-14H,4,11-12,15-16H2,1-3H3,(H2,24,25,26). The number of likely N-dealkylation sites (N-methyl/N-ethyl adjacent to an activating group) is 1. The first kappa shape index (κ1) is 22.2. The molecule has 0 aliphatic rings. The number of nitrogens with one attached hydrogen (secondary N) is 2. The number of aliphatic imine (C=N–C) groups is 1. The van der Waals surface area contributed by atoms with Crippen LogP contribution in [0.4, 0.5) is 4.39 Å². The molecule has 0 aliphatic carbocycles. The lowest BCUT2D eigenvalue weighted by Crippen LogP contribution is -2.38. The summed E-state index contributed by atoms with van der Waals surface area (Å²) in [7, 11) is 3.39. The summed E-state index contributed by atoms with van der Waals surface area (Å²) in [4.78, 5) is 17.7. The van der Waals surface area contributed by atoms with Crippen LogP contribution in [0.3, 0.4) is 0 Å². The van der Waals surface area contributed by atoms with E-state index in [-0.39, 0.29) is 18.3 Å². The van der Waals surface area contributed by atoms with Gasteiger partial charge < -0.3 is 20.3 Å². The van der Waals surface area contributed by atoms with Crippen molar-refractivity contribution in [2.75, 3.05) is 33.8 Å². The predicted octanol–water partition coefficient (Wildman–Crippen LogP) is 2.59.